The summed E-state index contributed by atoms with van der Waals surface area (Å²) in [5.41, 5.74) is 5.12. The van der Waals surface area contributed by atoms with Crippen LogP contribution in [-0.4, -0.2) is 30.0 Å². The molecular weight excluding hydrogens is 349 g/mol. The Morgan fingerprint density at radius 3 is 2.62 bits per heavy atom. The third-order valence-electron chi connectivity index (χ3n) is 4.35. The minimum Gasteiger partial charge on any atom is -0.467 e. The van der Waals surface area contributed by atoms with E-state index in [2.05, 4.69) is 10.3 Å². The van der Waals surface area contributed by atoms with E-state index in [0.717, 1.165) is 12.3 Å². The molecule has 26 heavy (non-hydrogen) atoms. The minimum absolute atomic E-state index is 0.00979. The van der Waals surface area contributed by atoms with Crippen LogP contribution in [0, 0.1) is 0 Å². The quantitative estimate of drug-likeness (QED) is 0.866. The van der Waals surface area contributed by atoms with Gasteiger partial charge in [0.25, 0.3) is 5.91 Å². The van der Waals surface area contributed by atoms with Crippen molar-refractivity contribution in [3.05, 3.63) is 47.5 Å². The van der Waals surface area contributed by atoms with Crippen molar-refractivity contribution in [3.63, 3.8) is 0 Å². The van der Waals surface area contributed by atoms with Crippen molar-refractivity contribution in [1.82, 2.24) is 10.3 Å². The van der Waals surface area contributed by atoms with Crippen LogP contribution in [0.4, 0.5) is 19.0 Å². The van der Waals surface area contributed by atoms with E-state index >= 15 is 0 Å². The molecule has 1 saturated heterocycles. The molecule has 2 aromatic heterocycles. The summed E-state index contributed by atoms with van der Waals surface area (Å²) in [6.45, 7) is 1.43. The Morgan fingerprint density at radius 1 is 1.35 bits per heavy atom. The van der Waals surface area contributed by atoms with Crippen LogP contribution in [0.3, 0.4) is 0 Å². The largest absolute Gasteiger partial charge is 0.467 e. The van der Waals surface area contributed by atoms with Crippen molar-refractivity contribution >= 4 is 11.7 Å². The fourth-order valence-electron chi connectivity index (χ4n) is 2.87. The number of aromatic nitrogens is 1. The number of furan rings is 1. The third kappa shape index (κ3) is 4.16. The molecule has 0 radical (unpaired) electrons. The molecule has 0 aliphatic carbocycles. The first kappa shape index (κ1) is 18.2. The van der Waals surface area contributed by atoms with Crippen molar-refractivity contribution in [2.45, 2.75) is 31.6 Å². The van der Waals surface area contributed by atoms with Crippen LogP contribution < -0.4 is 16.0 Å². The molecule has 0 saturated carbocycles. The van der Waals surface area contributed by atoms with E-state index < -0.39 is 11.7 Å². The fraction of sp³-hybridized carbons (Fsp3) is 0.412. The van der Waals surface area contributed by atoms with E-state index in [0.29, 0.717) is 43.1 Å². The Bertz CT molecular complexity index is 750. The Morgan fingerprint density at radius 2 is 2.08 bits per heavy atom. The van der Waals surface area contributed by atoms with Gasteiger partial charge in [-0.15, -0.1) is 0 Å². The Balaban J connectivity index is 1.53. The summed E-state index contributed by atoms with van der Waals surface area (Å²) >= 11 is 0. The maximum atomic E-state index is 12.6. The maximum absolute atomic E-state index is 12.6. The van der Waals surface area contributed by atoms with Gasteiger partial charge in [-0.3, -0.25) is 4.79 Å². The van der Waals surface area contributed by atoms with E-state index in [1.807, 2.05) is 4.90 Å². The first-order chi connectivity index (χ1) is 12.4. The number of anilines is 1. The summed E-state index contributed by atoms with van der Waals surface area (Å²) in [6.07, 6.45) is -0.818. The number of nitrogens with two attached hydrogens (primary N) is 1. The predicted molar refractivity (Wildman–Crippen MR) is 88.5 cm³/mol. The monoisotopic (exact) mass is 368 g/mol. The average molecular weight is 368 g/mol. The average Bonchev–Trinajstić information content (AvgIpc) is 3.11. The second-order valence-electron chi connectivity index (χ2n) is 6.14. The molecule has 9 heteroatoms. The zero-order valence-electron chi connectivity index (χ0n) is 13.9. The van der Waals surface area contributed by atoms with Crippen LogP contribution in [0.1, 0.15) is 34.5 Å². The number of nitrogens with zero attached hydrogens (tertiary/aromatic N) is 2. The molecule has 3 heterocycles. The fourth-order valence-corrected chi connectivity index (χ4v) is 2.87. The lowest BCUT2D eigenvalue weighted by atomic mass is 10.0. The molecule has 1 aliphatic heterocycles. The van der Waals surface area contributed by atoms with E-state index in [1.54, 1.807) is 6.07 Å². The van der Waals surface area contributed by atoms with Gasteiger partial charge < -0.3 is 20.4 Å². The van der Waals surface area contributed by atoms with Crippen molar-refractivity contribution < 1.29 is 22.4 Å². The van der Waals surface area contributed by atoms with Gasteiger partial charge in [0.2, 0.25) is 0 Å². The van der Waals surface area contributed by atoms with Crippen molar-refractivity contribution in [2.24, 2.45) is 5.73 Å². The number of piperidine rings is 1. The van der Waals surface area contributed by atoms with Crippen LogP contribution in [0.25, 0.3) is 0 Å². The summed E-state index contributed by atoms with van der Waals surface area (Å²) < 4.78 is 42.9. The maximum Gasteiger partial charge on any atom is 0.417 e. The number of nitrogens with one attached hydrogen (secondary N) is 1. The Labute approximate surface area is 148 Å². The van der Waals surface area contributed by atoms with Gasteiger partial charge in [-0.25, -0.2) is 4.98 Å². The number of rotatable bonds is 4. The van der Waals surface area contributed by atoms with E-state index in [-0.39, 0.29) is 18.5 Å². The number of alkyl halides is 3. The molecule has 3 N–H and O–H groups in total. The number of pyridine rings is 1. The first-order valence-electron chi connectivity index (χ1n) is 8.23. The number of hydrogen-bond donors (Lipinski definition) is 2. The molecule has 0 atom stereocenters. The molecule has 0 aromatic carbocycles. The van der Waals surface area contributed by atoms with Gasteiger partial charge in [-0.2, -0.15) is 13.2 Å². The molecule has 2 aromatic rings. The number of carbonyl (C=O) groups excluding carboxylic acids is 1. The highest BCUT2D eigenvalue weighted by Crippen LogP contribution is 2.29. The van der Waals surface area contributed by atoms with Crippen LogP contribution >= 0.6 is 0 Å². The van der Waals surface area contributed by atoms with E-state index in [4.69, 9.17) is 10.2 Å². The van der Waals surface area contributed by atoms with Crippen LogP contribution in [-0.2, 0) is 12.7 Å². The number of carbonyl (C=O) groups is 1. The number of hydrogen-bond acceptors (Lipinski definition) is 5. The minimum atomic E-state index is -4.39. The molecule has 0 spiro atoms. The second-order valence-corrected chi connectivity index (χ2v) is 6.14. The van der Waals surface area contributed by atoms with Crippen molar-refractivity contribution in [2.75, 3.05) is 18.0 Å². The lowest BCUT2D eigenvalue weighted by Gasteiger charge is -2.33. The standard InChI is InChI=1S/C17H19F3N4O2/c18-17(19,20)12-1-2-15(22-9-12)24-5-3-13(4-6-24)23-16(25)11-7-14(8-21)26-10-11/h1-2,7,9-10,13H,3-6,8,21H2,(H,23,25). The third-order valence-corrected chi connectivity index (χ3v) is 4.35. The molecular formula is C17H19F3N4O2. The van der Waals surface area contributed by atoms with Gasteiger partial charge in [-0.05, 0) is 31.0 Å². The number of amides is 1. The normalized spacial score (nSPS) is 15.9. The Kier molecular flexibility index (Phi) is 5.17. The molecule has 1 amide bonds. The highest BCUT2D eigenvalue weighted by Gasteiger charge is 2.31. The van der Waals surface area contributed by atoms with E-state index in [1.165, 1.54) is 12.3 Å². The summed E-state index contributed by atoms with van der Waals surface area (Å²) in [5.74, 6) is 0.822. The zero-order chi connectivity index (χ0) is 18.7. The number of halogens is 3. The van der Waals surface area contributed by atoms with Gasteiger partial charge in [0, 0.05) is 25.3 Å². The van der Waals surface area contributed by atoms with Crippen molar-refractivity contribution in [3.8, 4) is 0 Å². The summed E-state index contributed by atoms with van der Waals surface area (Å²) in [5, 5.41) is 2.94. The predicted octanol–water partition coefficient (Wildman–Crippen LogP) is 2.55. The van der Waals surface area contributed by atoms with Gasteiger partial charge in [0.15, 0.2) is 0 Å². The van der Waals surface area contributed by atoms with Gasteiger partial charge >= 0.3 is 6.18 Å². The van der Waals surface area contributed by atoms with Crippen LogP contribution in [0.5, 0.6) is 0 Å². The topological polar surface area (TPSA) is 84.4 Å². The van der Waals surface area contributed by atoms with Crippen LogP contribution in [0.2, 0.25) is 0 Å². The highest BCUT2D eigenvalue weighted by atomic mass is 19.4. The second kappa shape index (κ2) is 7.36. The van der Waals surface area contributed by atoms with E-state index in [9.17, 15) is 18.0 Å². The molecule has 140 valence electrons. The highest BCUT2D eigenvalue weighted by molar-refractivity contribution is 5.94. The van der Waals surface area contributed by atoms with Gasteiger partial charge in [0.05, 0.1) is 17.7 Å². The van der Waals surface area contributed by atoms with Crippen molar-refractivity contribution in [1.29, 1.82) is 0 Å². The lowest BCUT2D eigenvalue weighted by Crippen LogP contribution is -2.44. The SMILES string of the molecule is NCc1cc(C(=O)NC2CCN(c3ccc(C(F)(F)F)cn3)CC2)co1. The van der Waals surface area contributed by atoms with Gasteiger partial charge in [0.1, 0.15) is 17.8 Å². The molecule has 6 nitrogen and oxygen atoms in total. The van der Waals surface area contributed by atoms with Crippen LogP contribution in [0.15, 0.2) is 35.1 Å². The molecule has 1 aliphatic rings. The smallest absolute Gasteiger partial charge is 0.417 e. The summed E-state index contributed by atoms with van der Waals surface area (Å²) in [7, 11) is 0. The molecule has 1 fully saturated rings. The lowest BCUT2D eigenvalue weighted by molar-refractivity contribution is -0.137. The van der Waals surface area contributed by atoms with Gasteiger partial charge in [-0.1, -0.05) is 0 Å². The molecule has 0 bridgehead atoms. The zero-order valence-corrected chi connectivity index (χ0v) is 13.9. The molecule has 3 rings (SSSR count). The summed E-state index contributed by atoms with van der Waals surface area (Å²) in [4.78, 5) is 18.0. The Hall–Kier alpha value is -2.55. The summed E-state index contributed by atoms with van der Waals surface area (Å²) in [6, 6.07) is 4.01. The first-order valence-corrected chi connectivity index (χ1v) is 8.23. The molecule has 0 unspecified atom stereocenters.